The van der Waals surface area contributed by atoms with Crippen LogP contribution in [-0.2, 0) is 6.54 Å². The van der Waals surface area contributed by atoms with E-state index in [1.165, 1.54) is 19.2 Å². The molecule has 0 unspecified atom stereocenters. The Morgan fingerprint density at radius 2 is 1.69 bits per heavy atom. The quantitative estimate of drug-likeness (QED) is 0.809. The summed E-state index contributed by atoms with van der Waals surface area (Å²) in [6.07, 6.45) is 0. The molecular weight excluding hydrogens is 375 g/mol. The molecule has 0 radical (unpaired) electrons. The smallest absolute Gasteiger partial charge is 0.321 e. The van der Waals surface area contributed by atoms with Crippen molar-refractivity contribution in [2.24, 2.45) is 0 Å². The van der Waals surface area contributed by atoms with Crippen LogP contribution in [0.1, 0.15) is 26.3 Å². The fraction of sp³-hybridized carbons (Fsp3) is 0.286. The summed E-state index contributed by atoms with van der Waals surface area (Å²) >= 11 is 0. The first-order valence-corrected chi connectivity index (χ1v) is 9.42. The van der Waals surface area contributed by atoms with E-state index in [1.54, 1.807) is 29.2 Å². The van der Waals surface area contributed by atoms with Gasteiger partial charge in [-0.05, 0) is 24.3 Å². The van der Waals surface area contributed by atoms with Crippen molar-refractivity contribution in [3.8, 4) is 0 Å². The average molecular weight is 396 g/mol. The van der Waals surface area contributed by atoms with Gasteiger partial charge in [0, 0.05) is 51.0 Å². The fourth-order valence-electron chi connectivity index (χ4n) is 3.62. The van der Waals surface area contributed by atoms with E-state index in [0.29, 0.717) is 55.1 Å². The number of imide groups is 1. The normalized spacial score (nSPS) is 16.9. The molecule has 0 atom stereocenters. The van der Waals surface area contributed by atoms with E-state index in [9.17, 15) is 18.8 Å². The van der Waals surface area contributed by atoms with Crippen LogP contribution in [0.15, 0.2) is 42.5 Å². The lowest BCUT2D eigenvalue weighted by atomic mass is 10.1. The summed E-state index contributed by atoms with van der Waals surface area (Å²) in [5.41, 5.74) is 1.76. The minimum atomic E-state index is -0.372. The summed E-state index contributed by atoms with van der Waals surface area (Å²) in [5.74, 6) is -0.931. The third-order valence-corrected chi connectivity index (χ3v) is 5.35. The SMILES string of the molecule is CN1C(=O)c2ccc(NC(=O)N3CCN(Cc4ccccc4F)CC3)cc2C1=O. The first-order chi connectivity index (χ1) is 13.9. The predicted octanol–water partition coefficient (Wildman–Crippen LogP) is 2.40. The maximum absolute atomic E-state index is 13.8. The molecule has 1 N–H and O–H groups in total. The van der Waals surface area contributed by atoms with Gasteiger partial charge in [0.2, 0.25) is 0 Å². The topological polar surface area (TPSA) is 73.0 Å². The van der Waals surface area contributed by atoms with Gasteiger partial charge in [-0.25, -0.2) is 9.18 Å². The van der Waals surface area contributed by atoms with E-state index in [0.717, 1.165) is 4.90 Å². The van der Waals surface area contributed by atoms with Gasteiger partial charge in [-0.2, -0.15) is 0 Å². The number of fused-ring (bicyclic) bond motifs is 1. The van der Waals surface area contributed by atoms with Crippen molar-refractivity contribution in [2.45, 2.75) is 6.54 Å². The Balaban J connectivity index is 1.35. The molecule has 1 fully saturated rings. The summed E-state index contributed by atoms with van der Waals surface area (Å²) in [5, 5.41) is 2.79. The fourth-order valence-corrected chi connectivity index (χ4v) is 3.62. The largest absolute Gasteiger partial charge is 0.322 e. The van der Waals surface area contributed by atoms with Crippen LogP contribution in [0, 0.1) is 5.82 Å². The second-order valence-corrected chi connectivity index (χ2v) is 7.21. The Labute approximate surface area is 167 Å². The van der Waals surface area contributed by atoms with Crippen LogP contribution < -0.4 is 5.32 Å². The van der Waals surface area contributed by atoms with E-state index < -0.39 is 0 Å². The number of urea groups is 1. The molecule has 0 saturated carbocycles. The van der Waals surface area contributed by atoms with E-state index in [-0.39, 0.29) is 23.7 Å². The number of benzene rings is 2. The van der Waals surface area contributed by atoms with Crippen LogP contribution in [0.4, 0.5) is 14.9 Å². The van der Waals surface area contributed by atoms with Crippen LogP contribution >= 0.6 is 0 Å². The molecule has 0 spiro atoms. The molecule has 29 heavy (non-hydrogen) atoms. The monoisotopic (exact) mass is 396 g/mol. The lowest BCUT2D eigenvalue weighted by Crippen LogP contribution is -2.49. The number of hydrogen-bond donors (Lipinski definition) is 1. The maximum atomic E-state index is 13.8. The Morgan fingerprint density at radius 1 is 1.00 bits per heavy atom. The molecule has 8 heteroatoms. The molecule has 4 rings (SSSR count). The van der Waals surface area contributed by atoms with E-state index in [1.807, 2.05) is 6.07 Å². The predicted molar refractivity (Wildman–Crippen MR) is 105 cm³/mol. The standard InChI is InChI=1S/C21H21FN4O3/c1-24-19(27)16-7-6-15(12-17(16)20(24)28)23-21(29)26-10-8-25(9-11-26)13-14-4-2-3-5-18(14)22/h2-7,12H,8-11,13H2,1H3,(H,23,29). The summed E-state index contributed by atoms with van der Waals surface area (Å²) in [4.78, 5) is 41.5. The van der Waals surface area contributed by atoms with E-state index in [2.05, 4.69) is 10.2 Å². The Kier molecular flexibility index (Phi) is 5.02. The van der Waals surface area contributed by atoms with Crippen molar-refractivity contribution < 1.29 is 18.8 Å². The van der Waals surface area contributed by atoms with Crippen LogP contribution in [0.5, 0.6) is 0 Å². The zero-order valence-electron chi connectivity index (χ0n) is 16.0. The van der Waals surface area contributed by atoms with Crippen molar-refractivity contribution in [1.29, 1.82) is 0 Å². The molecule has 2 aliphatic rings. The number of hydrogen-bond acceptors (Lipinski definition) is 4. The summed E-state index contributed by atoms with van der Waals surface area (Å²) in [6, 6.07) is 11.1. The minimum absolute atomic E-state index is 0.219. The lowest BCUT2D eigenvalue weighted by Gasteiger charge is -2.34. The summed E-state index contributed by atoms with van der Waals surface area (Å²) in [7, 11) is 1.43. The third-order valence-electron chi connectivity index (χ3n) is 5.35. The molecule has 2 aliphatic heterocycles. The molecule has 2 aromatic rings. The Bertz CT molecular complexity index is 986. The highest BCUT2D eigenvalue weighted by Crippen LogP contribution is 2.25. The van der Waals surface area contributed by atoms with Gasteiger partial charge >= 0.3 is 6.03 Å². The number of nitrogens with one attached hydrogen (secondary N) is 1. The molecule has 150 valence electrons. The van der Waals surface area contributed by atoms with Crippen molar-refractivity contribution in [3.63, 3.8) is 0 Å². The summed E-state index contributed by atoms with van der Waals surface area (Å²) < 4.78 is 13.8. The van der Waals surface area contributed by atoms with Crippen LogP contribution in [-0.4, -0.2) is 65.8 Å². The molecule has 0 aromatic heterocycles. The molecule has 1 saturated heterocycles. The molecule has 0 aliphatic carbocycles. The van der Waals surface area contributed by atoms with Gasteiger partial charge in [-0.15, -0.1) is 0 Å². The number of carbonyl (C=O) groups excluding carboxylic acids is 3. The number of piperazine rings is 1. The molecular formula is C21H21FN4O3. The van der Waals surface area contributed by atoms with Crippen molar-refractivity contribution in [2.75, 3.05) is 38.5 Å². The van der Waals surface area contributed by atoms with Gasteiger partial charge in [0.05, 0.1) is 11.1 Å². The van der Waals surface area contributed by atoms with E-state index in [4.69, 9.17) is 0 Å². The molecule has 2 heterocycles. The first-order valence-electron chi connectivity index (χ1n) is 9.42. The average Bonchev–Trinajstić information content (AvgIpc) is 2.94. The molecule has 0 bridgehead atoms. The number of amides is 4. The van der Waals surface area contributed by atoms with Crippen molar-refractivity contribution >= 4 is 23.5 Å². The van der Waals surface area contributed by atoms with Gasteiger partial charge < -0.3 is 10.2 Å². The molecule has 4 amide bonds. The van der Waals surface area contributed by atoms with Crippen molar-refractivity contribution in [1.82, 2.24) is 14.7 Å². The third kappa shape index (κ3) is 3.71. The van der Waals surface area contributed by atoms with E-state index >= 15 is 0 Å². The number of anilines is 1. The van der Waals surface area contributed by atoms with Gasteiger partial charge in [0.1, 0.15) is 5.82 Å². The molecule has 2 aromatic carbocycles. The highest BCUT2D eigenvalue weighted by atomic mass is 19.1. The second kappa shape index (κ2) is 7.63. The van der Waals surface area contributed by atoms with Crippen molar-refractivity contribution in [3.05, 3.63) is 65.0 Å². The minimum Gasteiger partial charge on any atom is -0.322 e. The Morgan fingerprint density at radius 3 is 2.41 bits per heavy atom. The number of halogens is 1. The maximum Gasteiger partial charge on any atom is 0.321 e. The molecule has 7 nitrogen and oxygen atoms in total. The highest BCUT2D eigenvalue weighted by molar-refractivity contribution is 6.21. The lowest BCUT2D eigenvalue weighted by molar-refractivity contribution is 0.0693. The zero-order valence-corrected chi connectivity index (χ0v) is 16.0. The number of rotatable bonds is 3. The van der Waals surface area contributed by atoms with Gasteiger partial charge in [0.15, 0.2) is 0 Å². The zero-order chi connectivity index (χ0) is 20.5. The highest BCUT2D eigenvalue weighted by Gasteiger charge is 2.33. The first kappa shape index (κ1) is 19.1. The van der Waals surface area contributed by atoms with Crippen LogP contribution in [0.25, 0.3) is 0 Å². The number of nitrogens with zero attached hydrogens (tertiary/aromatic N) is 3. The van der Waals surface area contributed by atoms with Crippen LogP contribution in [0.3, 0.4) is 0 Å². The van der Waals surface area contributed by atoms with Gasteiger partial charge in [0.25, 0.3) is 11.8 Å². The van der Waals surface area contributed by atoms with Gasteiger partial charge in [-0.1, -0.05) is 18.2 Å². The number of carbonyl (C=O) groups is 3. The summed E-state index contributed by atoms with van der Waals surface area (Å²) in [6.45, 7) is 2.83. The van der Waals surface area contributed by atoms with Crippen LogP contribution in [0.2, 0.25) is 0 Å². The second-order valence-electron chi connectivity index (χ2n) is 7.21. The Hall–Kier alpha value is -3.26. The van der Waals surface area contributed by atoms with Gasteiger partial charge in [-0.3, -0.25) is 19.4 Å².